The molecule has 2 N–H and O–H groups in total. The van der Waals surface area contributed by atoms with Gasteiger partial charge in [0, 0.05) is 12.6 Å². The van der Waals surface area contributed by atoms with Crippen LogP contribution in [-0.2, 0) is 4.79 Å². The van der Waals surface area contributed by atoms with E-state index in [1.165, 1.54) is 0 Å². The van der Waals surface area contributed by atoms with E-state index in [-0.39, 0.29) is 18.0 Å². The molecule has 1 saturated heterocycles. The fraction of sp³-hybridized carbons (Fsp3) is 0.923. The van der Waals surface area contributed by atoms with Gasteiger partial charge in [-0.15, -0.1) is 0 Å². The average molecular weight is 241 g/mol. The molecule has 0 radical (unpaired) electrons. The summed E-state index contributed by atoms with van der Waals surface area (Å²) in [5.74, 6) is 0.616. The fourth-order valence-electron chi connectivity index (χ4n) is 2.43. The zero-order chi connectivity index (χ0) is 12.8. The number of nitrogens with zero attached hydrogens (tertiary/aromatic N) is 1. The van der Waals surface area contributed by atoms with Crippen LogP contribution in [0.3, 0.4) is 0 Å². The van der Waals surface area contributed by atoms with Crippen molar-refractivity contribution < 1.29 is 4.79 Å². The summed E-state index contributed by atoms with van der Waals surface area (Å²) in [6, 6.07) is 0.228. The van der Waals surface area contributed by atoms with Crippen molar-refractivity contribution >= 4 is 5.91 Å². The van der Waals surface area contributed by atoms with Gasteiger partial charge in [-0.2, -0.15) is 0 Å². The Labute approximate surface area is 105 Å². The van der Waals surface area contributed by atoms with Gasteiger partial charge in [-0.05, 0) is 38.9 Å². The molecule has 0 spiro atoms. The minimum atomic E-state index is 0.00848. The largest absolute Gasteiger partial charge is 0.351 e. The van der Waals surface area contributed by atoms with Crippen LogP contribution in [0.4, 0.5) is 0 Å². The van der Waals surface area contributed by atoms with Crippen molar-refractivity contribution in [3.05, 3.63) is 0 Å². The standard InChI is InChI=1S/C13H27N3O/c1-5-16(6-2)9-11(4)15-13(17)12-10(3)7-8-14-12/h10-12,14H,5-9H2,1-4H3,(H,15,17). The summed E-state index contributed by atoms with van der Waals surface area (Å²) in [5, 5.41) is 6.38. The highest BCUT2D eigenvalue weighted by Gasteiger charge is 2.29. The van der Waals surface area contributed by atoms with Gasteiger partial charge in [-0.1, -0.05) is 20.8 Å². The van der Waals surface area contributed by atoms with Crippen LogP contribution in [0, 0.1) is 5.92 Å². The smallest absolute Gasteiger partial charge is 0.237 e. The van der Waals surface area contributed by atoms with Crippen LogP contribution in [0.1, 0.15) is 34.1 Å². The maximum absolute atomic E-state index is 12.0. The van der Waals surface area contributed by atoms with E-state index in [9.17, 15) is 4.79 Å². The van der Waals surface area contributed by atoms with Gasteiger partial charge in [0.1, 0.15) is 0 Å². The Morgan fingerprint density at radius 1 is 1.47 bits per heavy atom. The van der Waals surface area contributed by atoms with Crippen LogP contribution in [0.15, 0.2) is 0 Å². The molecule has 1 heterocycles. The number of amides is 1. The van der Waals surface area contributed by atoms with Crippen molar-refractivity contribution in [2.24, 2.45) is 5.92 Å². The van der Waals surface area contributed by atoms with Crippen molar-refractivity contribution in [2.45, 2.75) is 46.2 Å². The molecular weight excluding hydrogens is 214 g/mol. The lowest BCUT2D eigenvalue weighted by molar-refractivity contribution is -0.124. The van der Waals surface area contributed by atoms with Gasteiger partial charge >= 0.3 is 0 Å². The van der Waals surface area contributed by atoms with Gasteiger partial charge < -0.3 is 15.5 Å². The minimum Gasteiger partial charge on any atom is -0.351 e. The molecular formula is C13H27N3O. The SMILES string of the molecule is CCN(CC)CC(C)NC(=O)C1NCCC1C. The van der Waals surface area contributed by atoms with Crippen molar-refractivity contribution in [3.63, 3.8) is 0 Å². The van der Waals surface area contributed by atoms with Gasteiger partial charge in [-0.25, -0.2) is 0 Å². The molecule has 1 aliphatic rings. The Kier molecular flexibility index (Phi) is 5.92. The second kappa shape index (κ2) is 6.97. The number of carbonyl (C=O) groups is 1. The Morgan fingerprint density at radius 3 is 2.59 bits per heavy atom. The third kappa shape index (κ3) is 4.28. The Balaban J connectivity index is 2.34. The monoisotopic (exact) mass is 241 g/mol. The van der Waals surface area contributed by atoms with E-state index in [2.05, 4.69) is 43.2 Å². The second-order valence-corrected chi connectivity index (χ2v) is 5.09. The maximum atomic E-state index is 12.0. The topological polar surface area (TPSA) is 44.4 Å². The molecule has 4 nitrogen and oxygen atoms in total. The van der Waals surface area contributed by atoms with E-state index < -0.39 is 0 Å². The summed E-state index contributed by atoms with van der Waals surface area (Å²) in [4.78, 5) is 14.4. The molecule has 0 aromatic carbocycles. The molecule has 3 atom stereocenters. The van der Waals surface area contributed by atoms with Gasteiger partial charge in [0.25, 0.3) is 0 Å². The lowest BCUT2D eigenvalue weighted by Gasteiger charge is -2.25. The van der Waals surface area contributed by atoms with E-state index in [0.29, 0.717) is 5.92 Å². The first kappa shape index (κ1) is 14.5. The van der Waals surface area contributed by atoms with E-state index in [0.717, 1.165) is 32.6 Å². The predicted molar refractivity (Wildman–Crippen MR) is 71.0 cm³/mol. The average Bonchev–Trinajstić information content (AvgIpc) is 2.72. The van der Waals surface area contributed by atoms with Crippen LogP contribution in [0.25, 0.3) is 0 Å². The van der Waals surface area contributed by atoms with E-state index in [4.69, 9.17) is 0 Å². The van der Waals surface area contributed by atoms with E-state index in [1.807, 2.05) is 0 Å². The third-order valence-electron chi connectivity index (χ3n) is 3.63. The summed E-state index contributed by atoms with van der Waals surface area (Å²) in [7, 11) is 0. The summed E-state index contributed by atoms with van der Waals surface area (Å²) in [5.41, 5.74) is 0. The van der Waals surface area contributed by atoms with Crippen LogP contribution < -0.4 is 10.6 Å². The third-order valence-corrected chi connectivity index (χ3v) is 3.63. The highest BCUT2D eigenvalue weighted by Crippen LogP contribution is 2.14. The second-order valence-electron chi connectivity index (χ2n) is 5.09. The summed E-state index contributed by atoms with van der Waals surface area (Å²) < 4.78 is 0. The Bertz CT molecular complexity index is 241. The van der Waals surface area contributed by atoms with Crippen molar-refractivity contribution in [2.75, 3.05) is 26.2 Å². The molecule has 1 rings (SSSR count). The van der Waals surface area contributed by atoms with Gasteiger partial charge in [0.15, 0.2) is 0 Å². The lowest BCUT2D eigenvalue weighted by atomic mass is 10.0. The Morgan fingerprint density at radius 2 is 2.12 bits per heavy atom. The lowest BCUT2D eigenvalue weighted by Crippen LogP contribution is -2.49. The van der Waals surface area contributed by atoms with Crippen LogP contribution >= 0.6 is 0 Å². The first-order chi connectivity index (χ1) is 8.08. The first-order valence-electron chi connectivity index (χ1n) is 6.84. The zero-order valence-corrected chi connectivity index (χ0v) is 11.6. The molecule has 0 saturated carbocycles. The molecule has 100 valence electrons. The highest BCUT2D eigenvalue weighted by molar-refractivity contribution is 5.82. The number of carbonyl (C=O) groups excluding carboxylic acids is 1. The number of likely N-dealkylation sites (N-methyl/N-ethyl adjacent to an activating group) is 1. The summed E-state index contributed by atoms with van der Waals surface area (Å²) in [6.07, 6.45) is 1.10. The molecule has 0 aromatic heterocycles. The normalized spacial score (nSPS) is 26.2. The molecule has 0 aromatic rings. The first-order valence-corrected chi connectivity index (χ1v) is 6.84. The highest BCUT2D eigenvalue weighted by atomic mass is 16.2. The maximum Gasteiger partial charge on any atom is 0.237 e. The molecule has 4 heteroatoms. The quantitative estimate of drug-likeness (QED) is 0.724. The van der Waals surface area contributed by atoms with Gasteiger partial charge in [-0.3, -0.25) is 4.79 Å². The molecule has 1 amide bonds. The zero-order valence-electron chi connectivity index (χ0n) is 11.6. The van der Waals surface area contributed by atoms with Gasteiger partial charge in [0.05, 0.1) is 6.04 Å². The molecule has 1 aliphatic heterocycles. The molecule has 17 heavy (non-hydrogen) atoms. The molecule has 3 unspecified atom stereocenters. The predicted octanol–water partition coefficient (Wildman–Crippen LogP) is 0.831. The van der Waals surface area contributed by atoms with E-state index in [1.54, 1.807) is 0 Å². The fourth-order valence-corrected chi connectivity index (χ4v) is 2.43. The summed E-state index contributed by atoms with van der Waals surface area (Å²) in [6.45, 7) is 12.5. The molecule has 1 fully saturated rings. The Hall–Kier alpha value is -0.610. The number of hydrogen-bond donors (Lipinski definition) is 2. The number of hydrogen-bond acceptors (Lipinski definition) is 3. The van der Waals surface area contributed by atoms with Crippen molar-refractivity contribution in [3.8, 4) is 0 Å². The van der Waals surface area contributed by atoms with Crippen molar-refractivity contribution in [1.29, 1.82) is 0 Å². The molecule has 0 bridgehead atoms. The van der Waals surface area contributed by atoms with Gasteiger partial charge in [0.2, 0.25) is 5.91 Å². The van der Waals surface area contributed by atoms with Crippen LogP contribution in [0.5, 0.6) is 0 Å². The summed E-state index contributed by atoms with van der Waals surface area (Å²) >= 11 is 0. The number of rotatable bonds is 6. The minimum absolute atomic E-state index is 0.00848. The van der Waals surface area contributed by atoms with E-state index >= 15 is 0 Å². The molecule has 0 aliphatic carbocycles. The van der Waals surface area contributed by atoms with Crippen LogP contribution in [-0.4, -0.2) is 49.1 Å². The number of nitrogens with one attached hydrogen (secondary N) is 2. The van der Waals surface area contributed by atoms with Crippen LogP contribution in [0.2, 0.25) is 0 Å². The van der Waals surface area contributed by atoms with Crippen molar-refractivity contribution in [1.82, 2.24) is 15.5 Å².